The van der Waals surface area contributed by atoms with Crippen LogP contribution in [-0.4, -0.2) is 23.2 Å². The van der Waals surface area contributed by atoms with Gasteiger partial charge < -0.3 is 16.2 Å². The van der Waals surface area contributed by atoms with Crippen molar-refractivity contribution in [2.45, 2.75) is 32.6 Å². The average Bonchev–Trinajstić information content (AvgIpc) is 2.38. The van der Waals surface area contributed by atoms with Gasteiger partial charge in [0.1, 0.15) is 5.82 Å². The summed E-state index contributed by atoms with van der Waals surface area (Å²) in [4.78, 5) is 4.31. The van der Waals surface area contributed by atoms with E-state index in [1.54, 1.807) is 6.20 Å². The first-order valence-electron chi connectivity index (χ1n) is 6.77. The maximum absolute atomic E-state index is 9.39. The van der Waals surface area contributed by atoms with E-state index in [0.717, 1.165) is 24.3 Å². The van der Waals surface area contributed by atoms with Crippen molar-refractivity contribution < 1.29 is 5.11 Å². The number of anilines is 2. The van der Waals surface area contributed by atoms with Crippen LogP contribution in [-0.2, 0) is 0 Å². The fraction of sp³-hybridized carbons (Fsp3) is 0.643. The standard InChI is InChI=1S/C14H23N3O/c1-10-6-13(15)8-17-14(10)16-7-11-4-2-3-5-12(11)9-18/h6,8,11-12,18H,2-5,7,9,15H2,1H3,(H,16,17). The van der Waals surface area contributed by atoms with Gasteiger partial charge in [0.25, 0.3) is 0 Å². The van der Waals surface area contributed by atoms with Crippen LogP contribution in [0.1, 0.15) is 31.2 Å². The highest BCUT2D eigenvalue weighted by Crippen LogP contribution is 2.30. The lowest BCUT2D eigenvalue weighted by atomic mass is 9.79. The van der Waals surface area contributed by atoms with Crippen LogP contribution < -0.4 is 11.1 Å². The molecule has 1 aliphatic rings. The van der Waals surface area contributed by atoms with Crippen LogP contribution in [0, 0.1) is 18.8 Å². The van der Waals surface area contributed by atoms with Crippen molar-refractivity contribution in [2.75, 3.05) is 24.2 Å². The van der Waals surface area contributed by atoms with Gasteiger partial charge in [0, 0.05) is 13.2 Å². The van der Waals surface area contributed by atoms with Crippen molar-refractivity contribution in [2.24, 2.45) is 11.8 Å². The van der Waals surface area contributed by atoms with Gasteiger partial charge in [0.2, 0.25) is 0 Å². The molecular weight excluding hydrogens is 226 g/mol. The Kier molecular flexibility index (Phi) is 4.42. The van der Waals surface area contributed by atoms with Crippen molar-refractivity contribution >= 4 is 11.5 Å². The summed E-state index contributed by atoms with van der Waals surface area (Å²) >= 11 is 0. The zero-order valence-electron chi connectivity index (χ0n) is 11.0. The minimum absolute atomic E-state index is 0.306. The Bertz CT molecular complexity index is 395. The average molecular weight is 249 g/mol. The summed E-state index contributed by atoms with van der Waals surface area (Å²) in [6.07, 6.45) is 6.56. The fourth-order valence-electron chi connectivity index (χ4n) is 2.80. The maximum atomic E-state index is 9.39. The Labute approximate surface area is 109 Å². The Balaban J connectivity index is 1.93. The molecule has 0 saturated heterocycles. The van der Waals surface area contributed by atoms with Crippen molar-refractivity contribution in [3.63, 3.8) is 0 Å². The van der Waals surface area contributed by atoms with Crippen LogP contribution >= 0.6 is 0 Å². The largest absolute Gasteiger partial charge is 0.397 e. The molecule has 1 aromatic rings. The molecule has 2 atom stereocenters. The molecule has 0 aliphatic heterocycles. The molecule has 1 aliphatic carbocycles. The van der Waals surface area contributed by atoms with Gasteiger partial charge in [-0.15, -0.1) is 0 Å². The van der Waals surface area contributed by atoms with Crippen molar-refractivity contribution in [1.29, 1.82) is 0 Å². The Morgan fingerprint density at radius 2 is 2.11 bits per heavy atom. The van der Waals surface area contributed by atoms with Crippen molar-refractivity contribution in [3.05, 3.63) is 17.8 Å². The van der Waals surface area contributed by atoms with E-state index in [1.165, 1.54) is 19.3 Å². The molecule has 1 fully saturated rings. The van der Waals surface area contributed by atoms with E-state index < -0.39 is 0 Å². The quantitative estimate of drug-likeness (QED) is 0.765. The number of nitrogens with two attached hydrogens (primary N) is 1. The number of nitrogens with zero attached hydrogens (tertiary/aromatic N) is 1. The molecule has 0 aromatic carbocycles. The zero-order valence-corrected chi connectivity index (χ0v) is 11.0. The molecule has 2 rings (SSSR count). The summed E-state index contributed by atoms with van der Waals surface area (Å²) in [5, 5.41) is 12.8. The Morgan fingerprint density at radius 3 is 2.78 bits per heavy atom. The summed E-state index contributed by atoms with van der Waals surface area (Å²) in [6.45, 7) is 3.21. The summed E-state index contributed by atoms with van der Waals surface area (Å²) in [5.41, 5.74) is 7.46. The van der Waals surface area contributed by atoms with E-state index in [1.807, 2.05) is 13.0 Å². The van der Waals surface area contributed by atoms with E-state index in [-0.39, 0.29) is 0 Å². The minimum atomic E-state index is 0.306. The number of hydrogen-bond acceptors (Lipinski definition) is 4. The normalized spacial score (nSPS) is 23.9. The van der Waals surface area contributed by atoms with Gasteiger partial charge in [-0.05, 0) is 43.2 Å². The summed E-state index contributed by atoms with van der Waals surface area (Å²) in [6, 6.07) is 1.93. The maximum Gasteiger partial charge on any atom is 0.129 e. The van der Waals surface area contributed by atoms with Crippen LogP contribution in [0.3, 0.4) is 0 Å². The highest BCUT2D eigenvalue weighted by molar-refractivity contribution is 5.50. The number of pyridine rings is 1. The molecule has 0 amide bonds. The van der Waals surface area contributed by atoms with E-state index in [2.05, 4.69) is 10.3 Å². The summed E-state index contributed by atoms with van der Waals surface area (Å²) in [7, 11) is 0. The number of aryl methyl sites for hydroxylation is 1. The third-order valence-electron chi connectivity index (χ3n) is 3.93. The molecule has 2 unspecified atom stereocenters. The Morgan fingerprint density at radius 1 is 1.39 bits per heavy atom. The monoisotopic (exact) mass is 249 g/mol. The molecule has 100 valence electrons. The molecule has 1 saturated carbocycles. The molecule has 0 spiro atoms. The van der Waals surface area contributed by atoms with Crippen LogP contribution in [0.25, 0.3) is 0 Å². The highest BCUT2D eigenvalue weighted by Gasteiger charge is 2.24. The topological polar surface area (TPSA) is 71.2 Å². The molecule has 4 heteroatoms. The number of rotatable bonds is 4. The SMILES string of the molecule is Cc1cc(N)cnc1NCC1CCCCC1CO. The van der Waals surface area contributed by atoms with E-state index in [9.17, 15) is 5.11 Å². The molecular formula is C14H23N3O. The molecule has 0 bridgehead atoms. The fourth-order valence-corrected chi connectivity index (χ4v) is 2.80. The van der Waals surface area contributed by atoms with Crippen LogP contribution in [0.5, 0.6) is 0 Å². The number of nitrogen functional groups attached to an aromatic ring is 1. The van der Waals surface area contributed by atoms with Gasteiger partial charge in [-0.25, -0.2) is 4.98 Å². The summed E-state index contributed by atoms with van der Waals surface area (Å²) in [5.74, 6) is 1.91. The lowest BCUT2D eigenvalue weighted by Gasteiger charge is -2.30. The third-order valence-corrected chi connectivity index (χ3v) is 3.93. The smallest absolute Gasteiger partial charge is 0.129 e. The predicted molar refractivity (Wildman–Crippen MR) is 74.4 cm³/mol. The highest BCUT2D eigenvalue weighted by atomic mass is 16.3. The van der Waals surface area contributed by atoms with Crippen LogP contribution in [0.15, 0.2) is 12.3 Å². The second kappa shape index (κ2) is 6.05. The molecule has 1 heterocycles. The molecule has 4 N–H and O–H groups in total. The predicted octanol–water partition coefficient (Wildman–Crippen LogP) is 2.18. The Hall–Kier alpha value is -1.29. The molecule has 0 radical (unpaired) electrons. The minimum Gasteiger partial charge on any atom is -0.397 e. The van der Waals surface area contributed by atoms with Crippen molar-refractivity contribution in [1.82, 2.24) is 4.98 Å². The lowest BCUT2D eigenvalue weighted by Crippen LogP contribution is -2.29. The number of aliphatic hydroxyl groups is 1. The second-order valence-electron chi connectivity index (χ2n) is 5.30. The number of nitrogens with one attached hydrogen (secondary N) is 1. The number of aliphatic hydroxyl groups excluding tert-OH is 1. The van der Waals surface area contributed by atoms with Crippen molar-refractivity contribution in [3.8, 4) is 0 Å². The first kappa shape index (κ1) is 13.1. The van der Waals surface area contributed by atoms with Gasteiger partial charge in [0.05, 0.1) is 11.9 Å². The first-order chi connectivity index (χ1) is 8.70. The van der Waals surface area contributed by atoms with E-state index >= 15 is 0 Å². The van der Waals surface area contributed by atoms with Gasteiger partial charge in [-0.3, -0.25) is 0 Å². The second-order valence-corrected chi connectivity index (χ2v) is 5.30. The third kappa shape index (κ3) is 3.13. The van der Waals surface area contributed by atoms with Gasteiger partial charge in [0.15, 0.2) is 0 Å². The first-order valence-corrected chi connectivity index (χ1v) is 6.77. The molecule has 18 heavy (non-hydrogen) atoms. The number of hydrogen-bond donors (Lipinski definition) is 3. The van der Waals surface area contributed by atoms with Gasteiger partial charge in [-0.1, -0.05) is 12.8 Å². The molecule has 4 nitrogen and oxygen atoms in total. The molecule has 1 aromatic heterocycles. The van der Waals surface area contributed by atoms with Gasteiger partial charge in [-0.2, -0.15) is 0 Å². The summed E-state index contributed by atoms with van der Waals surface area (Å²) < 4.78 is 0. The number of aromatic nitrogens is 1. The zero-order chi connectivity index (χ0) is 13.0. The van der Waals surface area contributed by atoms with Gasteiger partial charge >= 0.3 is 0 Å². The van der Waals surface area contributed by atoms with E-state index in [4.69, 9.17) is 5.73 Å². The van der Waals surface area contributed by atoms with Crippen LogP contribution in [0.2, 0.25) is 0 Å². The van der Waals surface area contributed by atoms with Crippen LogP contribution in [0.4, 0.5) is 11.5 Å². The lowest BCUT2D eigenvalue weighted by molar-refractivity contribution is 0.141. The van der Waals surface area contributed by atoms with E-state index in [0.29, 0.717) is 24.1 Å².